The summed E-state index contributed by atoms with van der Waals surface area (Å²) in [5, 5.41) is 3.79. The lowest BCUT2D eigenvalue weighted by Crippen LogP contribution is -2.39. The van der Waals surface area contributed by atoms with Gasteiger partial charge in [0.05, 0.1) is 13.2 Å². The number of hydrogen-bond acceptors (Lipinski definition) is 5. The van der Waals surface area contributed by atoms with E-state index in [-0.39, 0.29) is 0 Å². The lowest BCUT2D eigenvalue weighted by Gasteiger charge is -2.26. The molecule has 0 spiro atoms. The van der Waals surface area contributed by atoms with Crippen molar-refractivity contribution in [3.8, 4) is 0 Å². The molecule has 1 aromatic rings. The third kappa shape index (κ3) is 4.27. The highest BCUT2D eigenvalue weighted by atomic mass is 35.5. The first-order valence-corrected chi connectivity index (χ1v) is 6.24. The predicted molar refractivity (Wildman–Crippen MR) is 67.8 cm³/mol. The first-order chi connectivity index (χ1) is 8.24. The van der Waals surface area contributed by atoms with E-state index in [4.69, 9.17) is 27.9 Å². The predicted octanol–water partition coefficient (Wildman–Crippen LogP) is 1.53. The number of morpholine rings is 1. The van der Waals surface area contributed by atoms with Gasteiger partial charge in [0.25, 0.3) is 0 Å². The van der Waals surface area contributed by atoms with Crippen molar-refractivity contribution in [2.45, 2.75) is 0 Å². The number of aromatic nitrogens is 2. The van der Waals surface area contributed by atoms with Crippen LogP contribution in [0, 0.1) is 0 Å². The summed E-state index contributed by atoms with van der Waals surface area (Å²) in [4.78, 5) is 10.4. The molecule has 1 saturated heterocycles. The van der Waals surface area contributed by atoms with Crippen molar-refractivity contribution >= 4 is 29.2 Å². The van der Waals surface area contributed by atoms with E-state index in [0.717, 1.165) is 39.4 Å². The molecule has 0 radical (unpaired) electrons. The molecule has 0 bridgehead atoms. The number of nitrogens with zero attached hydrogens (tertiary/aromatic N) is 3. The second-order valence-corrected chi connectivity index (χ2v) is 4.49. The zero-order valence-electron chi connectivity index (χ0n) is 9.33. The van der Waals surface area contributed by atoms with Crippen molar-refractivity contribution < 1.29 is 4.74 Å². The Morgan fingerprint density at radius 2 is 1.88 bits per heavy atom. The van der Waals surface area contributed by atoms with Crippen LogP contribution in [0.3, 0.4) is 0 Å². The first-order valence-electron chi connectivity index (χ1n) is 5.48. The molecule has 1 N–H and O–H groups in total. The van der Waals surface area contributed by atoms with Gasteiger partial charge in [0, 0.05) is 32.2 Å². The molecule has 1 aromatic heterocycles. The smallest absolute Gasteiger partial charge is 0.225 e. The molecule has 1 aliphatic rings. The fourth-order valence-electron chi connectivity index (χ4n) is 1.62. The van der Waals surface area contributed by atoms with E-state index in [2.05, 4.69) is 20.2 Å². The summed E-state index contributed by atoms with van der Waals surface area (Å²) in [5.74, 6) is 0.468. The van der Waals surface area contributed by atoms with Crippen LogP contribution in [0.4, 0.5) is 5.95 Å². The minimum Gasteiger partial charge on any atom is -0.379 e. The van der Waals surface area contributed by atoms with Gasteiger partial charge in [0.2, 0.25) is 5.95 Å². The maximum atomic E-state index is 5.78. The number of halogens is 2. The van der Waals surface area contributed by atoms with E-state index < -0.39 is 0 Å². The first kappa shape index (κ1) is 12.8. The summed E-state index contributed by atoms with van der Waals surface area (Å²) in [6.07, 6.45) is 0. The van der Waals surface area contributed by atoms with Gasteiger partial charge in [-0.25, -0.2) is 9.97 Å². The average Bonchev–Trinajstić information content (AvgIpc) is 2.29. The minimum absolute atomic E-state index is 0.346. The molecule has 0 atom stereocenters. The Morgan fingerprint density at radius 1 is 1.24 bits per heavy atom. The topological polar surface area (TPSA) is 50.3 Å². The molecule has 0 saturated carbocycles. The number of hydrogen-bond donors (Lipinski definition) is 1. The summed E-state index contributed by atoms with van der Waals surface area (Å²) >= 11 is 11.6. The van der Waals surface area contributed by atoms with Crippen LogP contribution in [-0.4, -0.2) is 54.3 Å². The molecule has 0 unspecified atom stereocenters. The summed E-state index contributed by atoms with van der Waals surface area (Å²) in [6, 6.07) is 1.51. The second kappa shape index (κ2) is 6.35. The standard InChI is InChI=1S/C10H14Cl2N4O/c11-8-7-9(12)15-10(14-8)13-1-2-16-3-5-17-6-4-16/h7H,1-6H2,(H,13,14,15). The fraction of sp³-hybridized carbons (Fsp3) is 0.600. The monoisotopic (exact) mass is 276 g/mol. The second-order valence-electron chi connectivity index (χ2n) is 3.72. The van der Waals surface area contributed by atoms with Gasteiger partial charge in [-0.05, 0) is 0 Å². The molecule has 0 amide bonds. The molecule has 2 heterocycles. The van der Waals surface area contributed by atoms with Crippen molar-refractivity contribution in [1.82, 2.24) is 14.9 Å². The third-order valence-corrected chi connectivity index (χ3v) is 2.87. The van der Waals surface area contributed by atoms with Gasteiger partial charge >= 0.3 is 0 Å². The zero-order chi connectivity index (χ0) is 12.1. The number of rotatable bonds is 4. The summed E-state index contributed by atoms with van der Waals surface area (Å²) in [7, 11) is 0. The quantitative estimate of drug-likeness (QED) is 0.846. The van der Waals surface area contributed by atoms with Crippen molar-refractivity contribution in [2.75, 3.05) is 44.7 Å². The summed E-state index contributed by atoms with van der Waals surface area (Å²) < 4.78 is 5.27. The molecule has 5 nitrogen and oxygen atoms in total. The van der Waals surface area contributed by atoms with Gasteiger partial charge < -0.3 is 10.1 Å². The van der Waals surface area contributed by atoms with Crippen LogP contribution in [0.25, 0.3) is 0 Å². The van der Waals surface area contributed by atoms with Gasteiger partial charge in [-0.2, -0.15) is 0 Å². The Kier molecular flexibility index (Phi) is 4.79. The van der Waals surface area contributed by atoms with Crippen LogP contribution in [0.5, 0.6) is 0 Å². The maximum Gasteiger partial charge on any atom is 0.225 e. The van der Waals surface area contributed by atoms with Gasteiger partial charge in [-0.1, -0.05) is 23.2 Å². The number of anilines is 1. The molecule has 1 fully saturated rings. The molecule has 7 heteroatoms. The zero-order valence-corrected chi connectivity index (χ0v) is 10.8. The molecular weight excluding hydrogens is 263 g/mol. The highest BCUT2D eigenvalue weighted by molar-refractivity contribution is 6.33. The fourth-order valence-corrected chi connectivity index (χ4v) is 2.04. The minimum atomic E-state index is 0.346. The molecule has 0 aliphatic carbocycles. The molecular formula is C10H14Cl2N4O. The highest BCUT2D eigenvalue weighted by Crippen LogP contribution is 2.13. The maximum absolute atomic E-state index is 5.78. The Bertz CT molecular complexity index is 351. The van der Waals surface area contributed by atoms with E-state index in [1.165, 1.54) is 6.07 Å². The normalized spacial score (nSPS) is 17.1. The van der Waals surface area contributed by atoms with E-state index in [9.17, 15) is 0 Å². The number of ether oxygens (including phenoxy) is 1. The molecule has 1 aliphatic heterocycles. The van der Waals surface area contributed by atoms with E-state index in [1.807, 2.05) is 0 Å². The van der Waals surface area contributed by atoms with Crippen molar-refractivity contribution in [3.05, 3.63) is 16.4 Å². The Morgan fingerprint density at radius 3 is 2.53 bits per heavy atom. The van der Waals surface area contributed by atoms with Crippen LogP contribution in [0.1, 0.15) is 0 Å². The Labute approximate surface area is 110 Å². The molecule has 0 aromatic carbocycles. The van der Waals surface area contributed by atoms with Crippen LogP contribution >= 0.6 is 23.2 Å². The molecule has 17 heavy (non-hydrogen) atoms. The van der Waals surface area contributed by atoms with E-state index >= 15 is 0 Å². The largest absolute Gasteiger partial charge is 0.379 e. The lowest BCUT2D eigenvalue weighted by molar-refractivity contribution is 0.0398. The van der Waals surface area contributed by atoms with Crippen LogP contribution in [-0.2, 0) is 4.74 Å². The summed E-state index contributed by atoms with van der Waals surface area (Å²) in [5.41, 5.74) is 0. The SMILES string of the molecule is Clc1cc(Cl)nc(NCCN2CCOCC2)n1. The van der Waals surface area contributed by atoms with Gasteiger partial charge in [0.15, 0.2) is 0 Å². The molecule has 2 rings (SSSR count). The van der Waals surface area contributed by atoms with Crippen LogP contribution in [0.2, 0.25) is 10.3 Å². The number of nitrogens with one attached hydrogen (secondary N) is 1. The van der Waals surface area contributed by atoms with E-state index in [1.54, 1.807) is 0 Å². The third-order valence-electron chi connectivity index (χ3n) is 2.48. The van der Waals surface area contributed by atoms with Crippen LogP contribution in [0.15, 0.2) is 6.07 Å². The van der Waals surface area contributed by atoms with E-state index in [0.29, 0.717) is 16.3 Å². The van der Waals surface area contributed by atoms with Crippen molar-refractivity contribution in [1.29, 1.82) is 0 Å². The average molecular weight is 277 g/mol. The Hall–Kier alpha value is -0.620. The Balaban J connectivity index is 1.77. The van der Waals surface area contributed by atoms with Crippen molar-refractivity contribution in [2.24, 2.45) is 0 Å². The van der Waals surface area contributed by atoms with Gasteiger partial charge in [0.1, 0.15) is 10.3 Å². The van der Waals surface area contributed by atoms with Crippen LogP contribution < -0.4 is 5.32 Å². The summed E-state index contributed by atoms with van der Waals surface area (Å²) in [6.45, 7) is 5.24. The lowest BCUT2D eigenvalue weighted by atomic mass is 10.4. The highest BCUT2D eigenvalue weighted by Gasteiger charge is 2.09. The van der Waals surface area contributed by atoms with Gasteiger partial charge in [-0.3, -0.25) is 4.90 Å². The van der Waals surface area contributed by atoms with Gasteiger partial charge in [-0.15, -0.1) is 0 Å². The van der Waals surface area contributed by atoms with Crippen molar-refractivity contribution in [3.63, 3.8) is 0 Å². The molecule has 94 valence electrons.